The molecule has 0 bridgehead atoms. The highest BCUT2D eigenvalue weighted by Crippen LogP contribution is 2.34. The van der Waals surface area contributed by atoms with Crippen molar-refractivity contribution in [3.05, 3.63) is 51.5 Å². The number of pyridine rings is 1. The Hall–Kier alpha value is -0.780. The zero-order valence-corrected chi connectivity index (χ0v) is 13.1. The summed E-state index contributed by atoms with van der Waals surface area (Å²) < 4.78 is 1.95. The number of halogens is 2. The van der Waals surface area contributed by atoms with E-state index in [1.165, 1.54) is 5.39 Å². The number of nitrogens with zero attached hydrogens (tertiary/aromatic N) is 1. The average Bonchev–Trinajstić information content (AvgIpc) is 2.75. The molecule has 0 unspecified atom stereocenters. The molecule has 0 spiro atoms. The van der Waals surface area contributed by atoms with Crippen LogP contribution in [0.15, 0.2) is 61.6 Å². The summed E-state index contributed by atoms with van der Waals surface area (Å²) in [7, 11) is 0. The lowest BCUT2D eigenvalue weighted by Crippen LogP contribution is -1.82. The number of aromatic amines is 1. The summed E-state index contributed by atoms with van der Waals surface area (Å²) in [5.41, 5.74) is 1.15. The van der Waals surface area contributed by atoms with Crippen molar-refractivity contribution < 1.29 is 0 Å². The molecular formula is C13H8Br2N2S. The Balaban J connectivity index is 1.96. The van der Waals surface area contributed by atoms with Crippen molar-refractivity contribution >= 4 is 54.5 Å². The van der Waals surface area contributed by atoms with Gasteiger partial charge in [-0.1, -0.05) is 30.0 Å². The number of fused-ring (bicyclic) bond motifs is 1. The van der Waals surface area contributed by atoms with Crippen molar-refractivity contribution in [1.29, 1.82) is 0 Å². The summed E-state index contributed by atoms with van der Waals surface area (Å²) in [5, 5.41) is 3.25. The molecular weight excluding hydrogens is 376 g/mol. The van der Waals surface area contributed by atoms with E-state index in [0.29, 0.717) is 0 Å². The van der Waals surface area contributed by atoms with E-state index in [0.717, 1.165) is 24.5 Å². The van der Waals surface area contributed by atoms with Gasteiger partial charge in [-0.2, -0.15) is 0 Å². The number of hydrogen-bond acceptors (Lipinski definition) is 2. The standard InChI is InChI=1S/C13H8Br2N2S/c14-9-6-10(15)13(16-7-9)18-12-5-8-3-1-2-4-11(8)17-12/h1-7,17H. The van der Waals surface area contributed by atoms with Gasteiger partial charge in [-0.15, -0.1) is 0 Å². The van der Waals surface area contributed by atoms with Crippen LogP contribution >= 0.6 is 43.6 Å². The van der Waals surface area contributed by atoms with Crippen molar-refractivity contribution in [3.8, 4) is 0 Å². The first-order valence-corrected chi connectivity index (χ1v) is 7.69. The average molecular weight is 384 g/mol. The molecule has 0 amide bonds. The lowest BCUT2D eigenvalue weighted by atomic mass is 10.3. The van der Waals surface area contributed by atoms with Gasteiger partial charge in [-0.25, -0.2) is 4.98 Å². The Kier molecular flexibility index (Phi) is 3.46. The first kappa shape index (κ1) is 12.3. The van der Waals surface area contributed by atoms with Crippen molar-refractivity contribution in [2.75, 3.05) is 0 Å². The molecule has 0 aliphatic heterocycles. The van der Waals surface area contributed by atoms with Gasteiger partial charge in [0.05, 0.1) is 9.50 Å². The Morgan fingerprint density at radius 2 is 1.94 bits per heavy atom. The number of H-pyrrole nitrogens is 1. The van der Waals surface area contributed by atoms with E-state index in [4.69, 9.17) is 0 Å². The van der Waals surface area contributed by atoms with Gasteiger partial charge in [0.25, 0.3) is 0 Å². The third-order valence-electron chi connectivity index (χ3n) is 2.49. The normalized spacial score (nSPS) is 11.0. The molecule has 3 rings (SSSR count). The van der Waals surface area contributed by atoms with E-state index in [1.807, 2.05) is 18.2 Å². The zero-order valence-electron chi connectivity index (χ0n) is 9.15. The van der Waals surface area contributed by atoms with Crippen LogP contribution in [0.2, 0.25) is 0 Å². The minimum absolute atomic E-state index is 0.949. The van der Waals surface area contributed by atoms with Crippen LogP contribution in [0, 0.1) is 0 Å². The third kappa shape index (κ3) is 2.48. The Morgan fingerprint density at radius 1 is 1.11 bits per heavy atom. The highest BCUT2D eigenvalue weighted by molar-refractivity contribution is 9.11. The first-order valence-electron chi connectivity index (χ1n) is 5.29. The number of rotatable bonds is 2. The van der Waals surface area contributed by atoms with Crippen LogP contribution in [0.1, 0.15) is 0 Å². The molecule has 0 atom stereocenters. The molecule has 1 aromatic carbocycles. The summed E-state index contributed by atoms with van der Waals surface area (Å²) in [6.07, 6.45) is 1.80. The predicted molar refractivity (Wildman–Crippen MR) is 82.1 cm³/mol. The largest absolute Gasteiger partial charge is 0.349 e. The second kappa shape index (κ2) is 5.07. The monoisotopic (exact) mass is 382 g/mol. The molecule has 0 saturated heterocycles. The van der Waals surface area contributed by atoms with Crippen molar-refractivity contribution in [3.63, 3.8) is 0 Å². The fourth-order valence-electron chi connectivity index (χ4n) is 1.68. The molecule has 0 fully saturated rings. The van der Waals surface area contributed by atoms with Crippen molar-refractivity contribution in [1.82, 2.24) is 9.97 Å². The molecule has 0 aliphatic rings. The summed E-state index contributed by atoms with van der Waals surface area (Å²) in [4.78, 5) is 7.77. The maximum atomic E-state index is 4.39. The Bertz CT molecular complexity index is 676. The van der Waals surface area contributed by atoms with E-state index in [-0.39, 0.29) is 0 Å². The van der Waals surface area contributed by atoms with E-state index >= 15 is 0 Å². The number of para-hydroxylation sites is 1. The number of benzene rings is 1. The molecule has 18 heavy (non-hydrogen) atoms. The van der Waals surface area contributed by atoms with E-state index in [1.54, 1.807) is 18.0 Å². The SMILES string of the molecule is Brc1cnc(Sc2cc3ccccc3[nH]2)c(Br)c1. The van der Waals surface area contributed by atoms with Gasteiger partial charge in [0.1, 0.15) is 5.03 Å². The van der Waals surface area contributed by atoms with Gasteiger partial charge < -0.3 is 4.98 Å². The lowest BCUT2D eigenvalue weighted by Gasteiger charge is -2.01. The van der Waals surface area contributed by atoms with E-state index in [2.05, 4.69) is 60.0 Å². The second-order valence-electron chi connectivity index (χ2n) is 3.76. The number of aromatic nitrogens is 2. The fraction of sp³-hybridized carbons (Fsp3) is 0. The summed E-state index contributed by atoms with van der Waals surface area (Å²) >= 11 is 8.54. The van der Waals surface area contributed by atoms with Crippen molar-refractivity contribution in [2.24, 2.45) is 0 Å². The third-order valence-corrected chi connectivity index (χ3v) is 4.75. The molecule has 2 nitrogen and oxygen atoms in total. The molecule has 90 valence electrons. The highest BCUT2D eigenvalue weighted by Gasteiger charge is 2.07. The van der Waals surface area contributed by atoms with Gasteiger partial charge in [-0.3, -0.25) is 0 Å². The van der Waals surface area contributed by atoms with Crippen LogP contribution in [0.25, 0.3) is 10.9 Å². The molecule has 2 heterocycles. The smallest absolute Gasteiger partial charge is 0.116 e. The summed E-state index contributed by atoms with van der Waals surface area (Å²) in [6, 6.07) is 12.4. The lowest BCUT2D eigenvalue weighted by molar-refractivity contribution is 1.09. The summed E-state index contributed by atoms with van der Waals surface area (Å²) in [5.74, 6) is 0. The highest BCUT2D eigenvalue weighted by atomic mass is 79.9. The number of nitrogens with one attached hydrogen (secondary N) is 1. The Morgan fingerprint density at radius 3 is 2.72 bits per heavy atom. The minimum Gasteiger partial charge on any atom is -0.349 e. The Labute approximate surface area is 125 Å². The fourth-order valence-corrected chi connectivity index (χ4v) is 3.73. The van der Waals surface area contributed by atoms with Crippen LogP contribution in [0.5, 0.6) is 0 Å². The molecule has 1 N–H and O–H groups in total. The number of hydrogen-bond donors (Lipinski definition) is 1. The second-order valence-corrected chi connectivity index (χ2v) is 6.56. The minimum atomic E-state index is 0.949. The van der Waals surface area contributed by atoms with Gasteiger partial charge in [-0.05, 0) is 50.1 Å². The maximum absolute atomic E-state index is 4.39. The molecule has 0 aliphatic carbocycles. The van der Waals surface area contributed by atoms with Gasteiger partial charge >= 0.3 is 0 Å². The first-order chi connectivity index (χ1) is 8.72. The quantitative estimate of drug-likeness (QED) is 0.655. The van der Waals surface area contributed by atoms with Crippen LogP contribution in [-0.2, 0) is 0 Å². The van der Waals surface area contributed by atoms with Gasteiger partial charge in [0.15, 0.2) is 0 Å². The molecule has 3 aromatic rings. The van der Waals surface area contributed by atoms with Gasteiger partial charge in [0.2, 0.25) is 0 Å². The predicted octanol–water partition coefficient (Wildman–Crippen LogP) is 5.24. The molecule has 2 aromatic heterocycles. The maximum Gasteiger partial charge on any atom is 0.116 e. The van der Waals surface area contributed by atoms with Crippen LogP contribution in [0.3, 0.4) is 0 Å². The van der Waals surface area contributed by atoms with Crippen LogP contribution in [0.4, 0.5) is 0 Å². The van der Waals surface area contributed by atoms with Crippen LogP contribution in [-0.4, -0.2) is 9.97 Å². The topological polar surface area (TPSA) is 28.7 Å². The van der Waals surface area contributed by atoms with Crippen molar-refractivity contribution in [2.45, 2.75) is 10.1 Å². The molecule has 0 saturated carbocycles. The van der Waals surface area contributed by atoms with Crippen LogP contribution < -0.4 is 0 Å². The molecule has 5 heteroatoms. The van der Waals surface area contributed by atoms with Gasteiger partial charge in [0, 0.05) is 21.6 Å². The zero-order chi connectivity index (χ0) is 12.5. The summed E-state index contributed by atoms with van der Waals surface area (Å²) in [6.45, 7) is 0. The molecule has 0 radical (unpaired) electrons. The van der Waals surface area contributed by atoms with E-state index < -0.39 is 0 Å². The van der Waals surface area contributed by atoms with E-state index in [9.17, 15) is 0 Å².